The van der Waals surface area contributed by atoms with Crippen LogP contribution in [0.2, 0.25) is 0 Å². The van der Waals surface area contributed by atoms with E-state index in [1.165, 1.54) is 5.56 Å². The van der Waals surface area contributed by atoms with Gasteiger partial charge in [-0.3, -0.25) is 4.79 Å². The predicted molar refractivity (Wildman–Crippen MR) is 128 cm³/mol. The standard InChI is InChI=1S/C25H25N3O2S/c1-18-9-10-23-20(14-18)15-21(24(29)27-23)16-28(17-22-8-5-13-30-22)25(31)26-12-11-19-6-3-2-4-7-19/h2-10,13-15H,11-12,16-17H2,1H3,(H,26,31)(H,27,29). The molecule has 0 fully saturated rings. The van der Waals surface area contributed by atoms with E-state index in [2.05, 4.69) is 28.5 Å². The monoisotopic (exact) mass is 431 g/mol. The van der Waals surface area contributed by atoms with Gasteiger partial charge in [0.1, 0.15) is 5.76 Å². The van der Waals surface area contributed by atoms with Gasteiger partial charge in [0.2, 0.25) is 0 Å². The number of H-pyrrole nitrogens is 1. The molecule has 4 rings (SSSR count). The first kappa shape index (κ1) is 20.9. The molecule has 6 heteroatoms. The van der Waals surface area contributed by atoms with Crippen LogP contribution in [0.1, 0.15) is 22.5 Å². The van der Waals surface area contributed by atoms with E-state index in [9.17, 15) is 4.79 Å². The van der Waals surface area contributed by atoms with Gasteiger partial charge < -0.3 is 19.6 Å². The number of pyridine rings is 1. The molecule has 2 heterocycles. The number of aromatic nitrogens is 1. The third-order valence-corrected chi connectivity index (χ3v) is 5.59. The molecule has 0 aliphatic rings. The van der Waals surface area contributed by atoms with Crippen molar-refractivity contribution >= 4 is 28.2 Å². The highest BCUT2D eigenvalue weighted by Crippen LogP contribution is 2.15. The Labute approximate surface area is 186 Å². The van der Waals surface area contributed by atoms with Crippen molar-refractivity contribution < 1.29 is 4.42 Å². The van der Waals surface area contributed by atoms with Crippen LogP contribution in [0.25, 0.3) is 10.9 Å². The minimum absolute atomic E-state index is 0.104. The second kappa shape index (κ2) is 9.62. The van der Waals surface area contributed by atoms with Gasteiger partial charge >= 0.3 is 0 Å². The molecule has 0 radical (unpaired) electrons. The summed E-state index contributed by atoms with van der Waals surface area (Å²) in [6.45, 7) is 3.62. The van der Waals surface area contributed by atoms with Gasteiger partial charge in [0, 0.05) is 17.6 Å². The lowest BCUT2D eigenvalue weighted by atomic mass is 10.1. The lowest BCUT2D eigenvalue weighted by molar-refractivity contribution is 0.350. The van der Waals surface area contributed by atoms with Crippen LogP contribution in [-0.2, 0) is 19.5 Å². The van der Waals surface area contributed by atoms with Crippen LogP contribution in [0.4, 0.5) is 0 Å². The average molecular weight is 432 g/mol. The molecular weight excluding hydrogens is 406 g/mol. The van der Waals surface area contributed by atoms with Crippen LogP contribution in [0.5, 0.6) is 0 Å². The van der Waals surface area contributed by atoms with Crippen LogP contribution in [0, 0.1) is 6.92 Å². The first-order valence-electron chi connectivity index (χ1n) is 10.3. The Hall–Kier alpha value is -3.38. The molecule has 0 saturated heterocycles. The van der Waals surface area contributed by atoms with Gasteiger partial charge in [0.25, 0.3) is 5.56 Å². The van der Waals surface area contributed by atoms with Crippen LogP contribution in [-0.4, -0.2) is 21.5 Å². The molecule has 2 aromatic carbocycles. The predicted octanol–water partition coefficient (Wildman–Crippen LogP) is 4.55. The molecule has 158 valence electrons. The lowest BCUT2D eigenvalue weighted by Gasteiger charge is -2.25. The normalized spacial score (nSPS) is 10.9. The Morgan fingerprint density at radius 2 is 1.90 bits per heavy atom. The number of rotatable bonds is 7. The van der Waals surface area contributed by atoms with E-state index >= 15 is 0 Å². The number of furan rings is 1. The van der Waals surface area contributed by atoms with Crippen molar-refractivity contribution in [3.8, 4) is 0 Å². The van der Waals surface area contributed by atoms with E-state index < -0.39 is 0 Å². The van der Waals surface area contributed by atoms with Crippen LogP contribution >= 0.6 is 12.2 Å². The van der Waals surface area contributed by atoms with Crippen LogP contribution < -0.4 is 10.9 Å². The molecule has 0 saturated carbocycles. The molecule has 4 aromatic rings. The van der Waals surface area contributed by atoms with E-state index in [0.29, 0.717) is 30.3 Å². The minimum Gasteiger partial charge on any atom is -0.467 e. The highest BCUT2D eigenvalue weighted by Gasteiger charge is 2.15. The number of hydrogen-bond donors (Lipinski definition) is 2. The van der Waals surface area contributed by atoms with Gasteiger partial charge in [-0.15, -0.1) is 0 Å². The second-order valence-electron chi connectivity index (χ2n) is 7.62. The molecule has 0 amide bonds. The third kappa shape index (κ3) is 5.41. The summed E-state index contributed by atoms with van der Waals surface area (Å²) in [5.74, 6) is 0.792. The van der Waals surface area contributed by atoms with Crippen molar-refractivity contribution in [2.45, 2.75) is 26.4 Å². The second-order valence-corrected chi connectivity index (χ2v) is 8.00. The van der Waals surface area contributed by atoms with Gasteiger partial charge in [-0.2, -0.15) is 0 Å². The number of aryl methyl sites for hydroxylation is 1. The zero-order chi connectivity index (χ0) is 21.6. The molecule has 31 heavy (non-hydrogen) atoms. The highest BCUT2D eigenvalue weighted by molar-refractivity contribution is 7.80. The maximum absolute atomic E-state index is 12.7. The molecule has 0 bridgehead atoms. The molecule has 0 atom stereocenters. The maximum Gasteiger partial charge on any atom is 0.253 e. The minimum atomic E-state index is -0.104. The van der Waals surface area contributed by atoms with E-state index in [0.717, 1.165) is 28.6 Å². The van der Waals surface area contributed by atoms with E-state index in [1.807, 2.05) is 60.4 Å². The molecular formula is C25H25N3O2S. The van der Waals surface area contributed by atoms with Crippen molar-refractivity contribution in [1.82, 2.24) is 15.2 Å². The van der Waals surface area contributed by atoms with E-state index in [-0.39, 0.29) is 5.56 Å². The Balaban J connectivity index is 1.52. The fourth-order valence-corrected chi connectivity index (χ4v) is 3.79. The molecule has 0 aliphatic carbocycles. The van der Waals surface area contributed by atoms with Gasteiger partial charge in [-0.05, 0) is 66.8 Å². The fourth-order valence-electron chi connectivity index (χ4n) is 3.55. The topological polar surface area (TPSA) is 61.3 Å². The fraction of sp³-hybridized carbons (Fsp3) is 0.200. The molecule has 2 aromatic heterocycles. The van der Waals surface area contributed by atoms with Gasteiger partial charge in [-0.1, -0.05) is 42.0 Å². The quantitative estimate of drug-likeness (QED) is 0.421. The SMILES string of the molecule is Cc1ccc2[nH]c(=O)c(CN(Cc3ccco3)C(=S)NCCc3ccccc3)cc2c1. The van der Waals surface area contributed by atoms with Crippen LogP contribution in [0.15, 0.2) is 82.2 Å². The van der Waals surface area contributed by atoms with Gasteiger partial charge in [0.15, 0.2) is 5.11 Å². The molecule has 0 spiro atoms. The summed E-state index contributed by atoms with van der Waals surface area (Å²) in [6.07, 6.45) is 2.51. The molecule has 0 aliphatic heterocycles. The number of fused-ring (bicyclic) bond motifs is 1. The van der Waals surface area contributed by atoms with Crippen molar-refractivity contribution in [3.05, 3.63) is 106 Å². The molecule has 0 unspecified atom stereocenters. The third-order valence-electron chi connectivity index (χ3n) is 5.18. The summed E-state index contributed by atoms with van der Waals surface area (Å²) < 4.78 is 5.53. The summed E-state index contributed by atoms with van der Waals surface area (Å²) in [6, 6.07) is 22.0. The Morgan fingerprint density at radius 1 is 1.06 bits per heavy atom. The maximum atomic E-state index is 12.7. The lowest BCUT2D eigenvalue weighted by Crippen LogP contribution is -2.40. The van der Waals surface area contributed by atoms with Gasteiger partial charge in [-0.25, -0.2) is 0 Å². The zero-order valence-corrected chi connectivity index (χ0v) is 18.2. The number of aromatic amines is 1. The van der Waals surface area contributed by atoms with E-state index in [1.54, 1.807) is 6.26 Å². The van der Waals surface area contributed by atoms with Crippen molar-refractivity contribution in [3.63, 3.8) is 0 Å². The van der Waals surface area contributed by atoms with Gasteiger partial charge in [0.05, 0.1) is 19.4 Å². The van der Waals surface area contributed by atoms with E-state index in [4.69, 9.17) is 16.6 Å². The average Bonchev–Trinajstić information content (AvgIpc) is 3.28. The number of nitrogens with zero attached hydrogens (tertiary/aromatic N) is 1. The van der Waals surface area contributed by atoms with Crippen molar-refractivity contribution in [2.75, 3.05) is 6.54 Å². The summed E-state index contributed by atoms with van der Waals surface area (Å²) in [7, 11) is 0. The summed E-state index contributed by atoms with van der Waals surface area (Å²) in [5.41, 5.74) is 3.79. The smallest absolute Gasteiger partial charge is 0.253 e. The molecule has 5 nitrogen and oxygen atoms in total. The van der Waals surface area contributed by atoms with Crippen molar-refractivity contribution in [2.24, 2.45) is 0 Å². The zero-order valence-electron chi connectivity index (χ0n) is 17.4. The number of thiocarbonyl (C=S) groups is 1. The summed E-state index contributed by atoms with van der Waals surface area (Å²) in [5, 5.41) is 4.94. The number of hydrogen-bond acceptors (Lipinski definition) is 3. The highest BCUT2D eigenvalue weighted by atomic mass is 32.1. The first-order chi connectivity index (χ1) is 15.1. The first-order valence-corrected chi connectivity index (χ1v) is 10.7. The Morgan fingerprint density at radius 3 is 2.68 bits per heavy atom. The van der Waals surface area contributed by atoms with Crippen molar-refractivity contribution in [1.29, 1.82) is 0 Å². The summed E-state index contributed by atoms with van der Waals surface area (Å²) >= 11 is 5.68. The molecule has 2 N–H and O–H groups in total. The Bertz CT molecular complexity index is 1220. The number of benzene rings is 2. The van der Waals surface area contributed by atoms with Crippen LogP contribution in [0.3, 0.4) is 0 Å². The largest absolute Gasteiger partial charge is 0.467 e. The number of nitrogens with one attached hydrogen (secondary N) is 2. The summed E-state index contributed by atoms with van der Waals surface area (Å²) in [4.78, 5) is 17.7. The Kier molecular flexibility index (Phi) is 6.48.